The predicted octanol–water partition coefficient (Wildman–Crippen LogP) is 2.96. The van der Waals surface area contributed by atoms with Gasteiger partial charge in [0.05, 0.1) is 6.61 Å². The van der Waals surface area contributed by atoms with Crippen LogP contribution in [0.3, 0.4) is 0 Å². The number of halogens is 1. The summed E-state index contributed by atoms with van der Waals surface area (Å²) in [6.45, 7) is 2.80. The van der Waals surface area contributed by atoms with Crippen LogP contribution in [-0.4, -0.2) is 11.9 Å². The van der Waals surface area contributed by atoms with E-state index in [1.54, 1.807) is 0 Å². The van der Waals surface area contributed by atoms with E-state index in [1.807, 2.05) is 25.1 Å². The third-order valence-electron chi connectivity index (χ3n) is 1.47. The van der Waals surface area contributed by atoms with Crippen molar-refractivity contribution < 1.29 is 4.74 Å². The molecule has 1 rings (SSSR count). The summed E-state index contributed by atoms with van der Waals surface area (Å²) in [6, 6.07) is 8.92. The Kier molecular flexibility index (Phi) is 4.15. The molecule has 65 valence electrons. The molecule has 1 aromatic rings. The first kappa shape index (κ1) is 9.59. The molecule has 1 aromatic carbocycles. The quantitative estimate of drug-likeness (QED) is 0.568. The van der Waals surface area contributed by atoms with Crippen LogP contribution < -0.4 is 4.74 Å². The molecule has 0 saturated heterocycles. The van der Waals surface area contributed by atoms with Crippen molar-refractivity contribution in [2.24, 2.45) is 0 Å². The number of ether oxygens (including phenoxy) is 1. The second-order valence-electron chi connectivity index (χ2n) is 2.62. The Morgan fingerprint density at radius 3 is 3.08 bits per heavy atom. The second-order valence-corrected chi connectivity index (χ2v) is 3.41. The number of benzene rings is 1. The van der Waals surface area contributed by atoms with Gasteiger partial charge in [-0.05, 0) is 25.0 Å². The van der Waals surface area contributed by atoms with Crippen molar-refractivity contribution in [3.05, 3.63) is 29.8 Å². The molecule has 0 bridgehead atoms. The Balaban J connectivity index is 2.41. The van der Waals surface area contributed by atoms with Crippen molar-refractivity contribution >= 4 is 15.9 Å². The van der Waals surface area contributed by atoms with Gasteiger partial charge >= 0.3 is 0 Å². The summed E-state index contributed by atoms with van der Waals surface area (Å²) in [4.78, 5) is 0. The largest absolute Gasteiger partial charge is 0.493 e. The zero-order chi connectivity index (χ0) is 8.81. The topological polar surface area (TPSA) is 9.23 Å². The van der Waals surface area contributed by atoms with E-state index >= 15 is 0 Å². The lowest BCUT2D eigenvalue weighted by Gasteiger charge is -2.04. The van der Waals surface area contributed by atoms with Gasteiger partial charge in [-0.1, -0.05) is 28.1 Å². The maximum atomic E-state index is 5.44. The standard InChI is InChI=1S/C10H12BrO/c1-9-4-2-5-10(8-9)12-7-3-6-11/h2,4,8H,3,6-7H2,1H3. The third kappa shape index (κ3) is 3.26. The normalized spacial score (nSPS) is 9.83. The Labute approximate surface area is 81.9 Å². The highest BCUT2D eigenvalue weighted by molar-refractivity contribution is 9.09. The molecule has 0 aliphatic heterocycles. The first-order chi connectivity index (χ1) is 5.83. The molecule has 0 aromatic heterocycles. The van der Waals surface area contributed by atoms with E-state index in [9.17, 15) is 0 Å². The van der Waals surface area contributed by atoms with Gasteiger partial charge in [0.2, 0.25) is 0 Å². The van der Waals surface area contributed by atoms with Crippen molar-refractivity contribution in [2.45, 2.75) is 13.3 Å². The fraction of sp³-hybridized carbons (Fsp3) is 0.400. The average Bonchev–Trinajstić information content (AvgIpc) is 2.05. The van der Waals surface area contributed by atoms with Gasteiger partial charge in [0.1, 0.15) is 5.75 Å². The molecular weight excluding hydrogens is 216 g/mol. The summed E-state index contributed by atoms with van der Waals surface area (Å²) in [5.41, 5.74) is 1.21. The van der Waals surface area contributed by atoms with E-state index in [4.69, 9.17) is 4.74 Å². The maximum absolute atomic E-state index is 5.44. The fourth-order valence-electron chi connectivity index (χ4n) is 0.872. The fourth-order valence-corrected chi connectivity index (χ4v) is 1.10. The number of alkyl halides is 1. The van der Waals surface area contributed by atoms with Crippen LogP contribution in [0, 0.1) is 13.0 Å². The first-order valence-corrected chi connectivity index (χ1v) is 5.12. The van der Waals surface area contributed by atoms with Gasteiger partial charge in [-0.15, -0.1) is 0 Å². The van der Waals surface area contributed by atoms with Gasteiger partial charge in [0.25, 0.3) is 0 Å². The van der Waals surface area contributed by atoms with Crippen LogP contribution in [0.15, 0.2) is 18.2 Å². The van der Waals surface area contributed by atoms with E-state index in [-0.39, 0.29) is 0 Å². The van der Waals surface area contributed by atoms with Crippen molar-refractivity contribution in [1.82, 2.24) is 0 Å². The van der Waals surface area contributed by atoms with Gasteiger partial charge in [-0.25, -0.2) is 0 Å². The van der Waals surface area contributed by atoms with E-state index in [0.29, 0.717) is 0 Å². The van der Waals surface area contributed by atoms with Gasteiger partial charge in [0.15, 0.2) is 0 Å². The number of rotatable bonds is 4. The zero-order valence-electron chi connectivity index (χ0n) is 7.14. The second kappa shape index (κ2) is 5.20. The minimum Gasteiger partial charge on any atom is -0.493 e. The summed E-state index contributed by atoms with van der Waals surface area (Å²) < 4.78 is 5.44. The molecule has 1 radical (unpaired) electrons. The molecule has 0 fully saturated rings. The van der Waals surface area contributed by atoms with Crippen LogP contribution in [0.25, 0.3) is 0 Å². The van der Waals surface area contributed by atoms with E-state index in [0.717, 1.165) is 24.1 Å². The Bertz CT molecular complexity index is 235. The van der Waals surface area contributed by atoms with Crippen LogP contribution in [0.4, 0.5) is 0 Å². The lowest BCUT2D eigenvalue weighted by Crippen LogP contribution is -1.97. The molecule has 0 saturated carbocycles. The molecule has 0 unspecified atom stereocenters. The Morgan fingerprint density at radius 1 is 1.58 bits per heavy atom. The summed E-state index contributed by atoms with van der Waals surface area (Å²) in [5.74, 6) is 0.843. The average molecular weight is 228 g/mol. The highest BCUT2D eigenvalue weighted by Gasteiger charge is 1.92. The molecule has 0 amide bonds. The molecule has 12 heavy (non-hydrogen) atoms. The van der Waals surface area contributed by atoms with E-state index in [2.05, 4.69) is 22.0 Å². The third-order valence-corrected chi connectivity index (χ3v) is 2.03. The lowest BCUT2D eigenvalue weighted by molar-refractivity contribution is 0.318. The van der Waals surface area contributed by atoms with Crippen molar-refractivity contribution in [3.8, 4) is 5.75 Å². The van der Waals surface area contributed by atoms with Crippen LogP contribution in [0.1, 0.15) is 12.0 Å². The predicted molar refractivity (Wildman–Crippen MR) is 53.9 cm³/mol. The summed E-state index contributed by atoms with van der Waals surface area (Å²) >= 11 is 3.35. The number of hydrogen-bond acceptors (Lipinski definition) is 1. The Morgan fingerprint density at radius 2 is 2.42 bits per heavy atom. The summed E-state index contributed by atoms with van der Waals surface area (Å²) in [5, 5.41) is 0.985. The number of hydrogen-bond donors (Lipinski definition) is 0. The molecule has 2 heteroatoms. The van der Waals surface area contributed by atoms with Gasteiger partial charge < -0.3 is 4.74 Å². The molecule has 0 aliphatic rings. The molecule has 0 atom stereocenters. The van der Waals surface area contributed by atoms with E-state index < -0.39 is 0 Å². The van der Waals surface area contributed by atoms with Gasteiger partial charge in [-0.2, -0.15) is 0 Å². The van der Waals surface area contributed by atoms with Crippen LogP contribution in [-0.2, 0) is 0 Å². The zero-order valence-corrected chi connectivity index (χ0v) is 8.73. The molecule has 0 heterocycles. The van der Waals surface area contributed by atoms with Crippen LogP contribution >= 0.6 is 15.9 Å². The lowest BCUT2D eigenvalue weighted by atomic mass is 10.2. The Hall–Kier alpha value is -0.500. The SMILES string of the molecule is Cc1cc[c]c(OCCCBr)c1. The van der Waals surface area contributed by atoms with Crippen molar-refractivity contribution in [1.29, 1.82) is 0 Å². The van der Waals surface area contributed by atoms with Gasteiger partial charge in [0, 0.05) is 11.4 Å². The summed E-state index contributed by atoms with van der Waals surface area (Å²) in [7, 11) is 0. The van der Waals surface area contributed by atoms with Crippen LogP contribution in [0.2, 0.25) is 0 Å². The van der Waals surface area contributed by atoms with E-state index in [1.165, 1.54) is 5.56 Å². The van der Waals surface area contributed by atoms with Gasteiger partial charge in [-0.3, -0.25) is 0 Å². The molecule has 0 aliphatic carbocycles. The number of aryl methyl sites for hydroxylation is 1. The van der Waals surface area contributed by atoms with Crippen molar-refractivity contribution in [3.63, 3.8) is 0 Å². The first-order valence-electron chi connectivity index (χ1n) is 4.00. The molecule has 1 nitrogen and oxygen atoms in total. The maximum Gasteiger partial charge on any atom is 0.127 e. The minimum absolute atomic E-state index is 0.755. The van der Waals surface area contributed by atoms with Crippen LogP contribution in [0.5, 0.6) is 5.75 Å². The summed E-state index contributed by atoms with van der Waals surface area (Å²) in [6.07, 6.45) is 1.03. The molecule has 0 spiro atoms. The van der Waals surface area contributed by atoms with Crippen molar-refractivity contribution in [2.75, 3.05) is 11.9 Å². The minimum atomic E-state index is 0.755. The molecular formula is C10H12BrO. The highest BCUT2D eigenvalue weighted by Crippen LogP contribution is 2.11. The highest BCUT2D eigenvalue weighted by atomic mass is 79.9. The monoisotopic (exact) mass is 227 g/mol. The smallest absolute Gasteiger partial charge is 0.127 e. The molecule has 0 N–H and O–H groups in total.